The number of amides is 2. The van der Waals surface area contributed by atoms with Crippen LogP contribution in [0.1, 0.15) is 31.1 Å². The minimum absolute atomic E-state index is 0.0506. The van der Waals surface area contributed by atoms with Crippen LogP contribution in [0.15, 0.2) is 48.5 Å². The Morgan fingerprint density at radius 3 is 2.13 bits per heavy atom. The zero-order valence-electron chi connectivity index (χ0n) is 13.4. The predicted molar refractivity (Wildman–Crippen MR) is 90.9 cm³/mol. The second-order valence-corrected chi connectivity index (χ2v) is 5.41. The summed E-state index contributed by atoms with van der Waals surface area (Å²) in [5, 5.41) is 5.49. The SMILES string of the molecule is CC(=O)Nc1ccc(NC(=O)c2cccc(OC(C)C)c2)cc1. The second kappa shape index (κ2) is 7.45. The van der Waals surface area contributed by atoms with E-state index in [0.717, 1.165) is 0 Å². The lowest BCUT2D eigenvalue weighted by Crippen LogP contribution is -2.13. The van der Waals surface area contributed by atoms with Gasteiger partial charge in [-0.2, -0.15) is 0 Å². The Balaban J connectivity index is 2.05. The molecule has 0 saturated heterocycles. The van der Waals surface area contributed by atoms with Crippen LogP contribution in [0, 0.1) is 0 Å². The number of carbonyl (C=O) groups excluding carboxylic acids is 2. The molecule has 2 amide bonds. The van der Waals surface area contributed by atoms with Crippen LogP contribution in [0.25, 0.3) is 0 Å². The fourth-order valence-electron chi connectivity index (χ4n) is 2.03. The molecule has 0 unspecified atom stereocenters. The third kappa shape index (κ3) is 5.14. The van der Waals surface area contributed by atoms with E-state index >= 15 is 0 Å². The van der Waals surface area contributed by atoms with Crippen LogP contribution >= 0.6 is 0 Å². The van der Waals surface area contributed by atoms with Gasteiger partial charge in [-0.3, -0.25) is 9.59 Å². The lowest BCUT2D eigenvalue weighted by atomic mass is 10.2. The third-order valence-corrected chi connectivity index (χ3v) is 2.93. The van der Waals surface area contributed by atoms with Gasteiger partial charge in [-0.25, -0.2) is 0 Å². The van der Waals surface area contributed by atoms with Gasteiger partial charge < -0.3 is 15.4 Å². The maximum absolute atomic E-state index is 12.3. The number of rotatable bonds is 5. The van der Waals surface area contributed by atoms with Gasteiger partial charge in [-0.05, 0) is 56.3 Å². The van der Waals surface area contributed by atoms with Gasteiger partial charge in [-0.1, -0.05) is 6.07 Å². The normalized spacial score (nSPS) is 10.3. The lowest BCUT2D eigenvalue weighted by molar-refractivity contribution is -0.114. The van der Waals surface area contributed by atoms with E-state index in [2.05, 4.69) is 10.6 Å². The standard InChI is InChI=1S/C18H20N2O3/c1-12(2)23-17-6-4-5-14(11-17)18(22)20-16-9-7-15(8-10-16)19-13(3)21/h4-12H,1-3H3,(H,19,21)(H,20,22). The molecule has 5 heteroatoms. The van der Waals surface area contributed by atoms with Gasteiger partial charge in [0, 0.05) is 23.9 Å². The van der Waals surface area contributed by atoms with E-state index in [1.54, 1.807) is 42.5 Å². The highest BCUT2D eigenvalue weighted by molar-refractivity contribution is 6.04. The fourth-order valence-corrected chi connectivity index (χ4v) is 2.03. The molecule has 0 bridgehead atoms. The lowest BCUT2D eigenvalue weighted by Gasteiger charge is -2.11. The number of nitrogens with one attached hydrogen (secondary N) is 2. The van der Waals surface area contributed by atoms with Crippen molar-refractivity contribution in [3.63, 3.8) is 0 Å². The van der Waals surface area contributed by atoms with E-state index in [-0.39, 0.29) is 17.9 Å². The largest absolute Gasteiger partial charge is 0.491 e. The number of ether oxygens (including phenoxy) is 1. The molecule has 5 nitrogen and oxygen atoms in total. The first-order chi connectivity index (χ1) is 10.9. The van der Waals surface area contributed by atoms with Gasteiger partial charge in [0.1, 0.15) is 5.75 Å². The van der Waals surface area contributed by atoms with Gasteiger partial charge in [-0.15, -0.1) is 0 Å². The molecule has 0 aliphatic rings. The smallest absolute Gasteiger partial charge is 0.255 e. The summed E-state index contributed by atoms with van der Waals surface area (Å²) >= 11 is 0. The summed E-state index contributed by atoms with van der Waals surface area (Å²) in [6.07, 6.45) is 0.0506. The van der Waals surface area contributed by atoms with E-state index in [0.29, 0.717) is 22.7 Å². The van der Waals surface area contributed by atoms with Gasteiger partial charge >= 0.3 is 0 Å². The topological polar surface area (TPSA) is 67.4 Å². The van der Waals surface area contributed by atoms with Gasteiger partial charge in [0.15, 0.2) is 0 Å². The number of carbonyl (C=O) groups is 2. The minimum Gasteiger partial charge on any atom is -0.491 e. The van der Waals surface area contributed by atoms with Crippen molar-refractivity contribution in [2.45, 2.75) is 26.9 Å². The zero-order chi connectivity index (χ0) is 16.8. The molecule has 2 aromatic carbocycles. The summed E-state index contributed by atoms with van der Waals surface area (Å²) < 4.78 is 5.59. The van der Waals surface area contributed by atoms with Crippen molar-refractivity contribution in [2.75, 3.05) is 10.6 Å². The van der Waals surface area contributed by atoms with E-state index in [1.165, 1.54) is 6.92 Å². The Bertz CT molecular complexity index is 694. The van der Waals surface area contributed by atoms with Crippen molar-refractivity contribution in [3.8, 4) is 5.75 Å². The van der Waals surface area contributed by atoms with Crippen molar-refractivity contribution in [2.24, 2.45) is 0 Å². The number of benzene rings is 2. The fraction of sp³-hybridized carbons (Fsp3) is 0.222. The molecule has 0 atom stereocenters. The molecule has 0 saturated carbocycles. The van der Waals surface area contributed by atoms with Crippen LogP contribution in [0.3, 0.4) is 0 Å². The highest BCUT2D eigenvalue weighted by atomic mass is 16.5. The first kappa shape index (κ1) is 16.5. The van der Waals surface area contributed by atoms with Crippen molar-refractivity contribution < 1.29 is 14.3 Å². The highest BCUT2D eigenvalue weighted by Crippen LogP contribution is 2.18. The molecule has 2 rings (SSSR count). The number of hydrogen-bond acceptors (Lipinski definition) is 3. The Morgan fingerprint density at radius 1 is 0.957 bits per heavy atom. The van der Waals surface area contributed by atoms with Crippen LogP contribution in [-0.4, -0.2) is 17.9 Å². The molecule has 0 heterocycles. The molecule has 0 fully saturated rings. The Kier molecular flexibility index (Phi) is 5.36. The molecular weight excluding hydrogens is 292 g/mol. The van der Waals surface area contributed by atoms with Crippen molar-refractivity contribution in [1.29, 1.82) is 0 Å². The second-order valence-electron chi connectivity index (χ2n) is 5.41. The summed E-state index contributed by atoms with van der Waals surface area (Å²) in [5.74, 6) is 0.309. The summed E-state index contributed by atoms with van der Waals surface area (Å²) in [6.45, 7) is 5.31. The van der Waals surface area contributed by atoms with Crippen LogP contribution in [0.4, 0.5) is 11.4 Å². The van der Waals surface area contributed by atoms with Crippen molar-refractivity contribution in [1.82, 2.24) is 0 Å². The van der Waals surface area contributed by atoms with Crippen molar-refractivity contribution in [3.05, 3.63) is 54.1 Å². The van der Waals surface area contributed by atoms with Crippen LogP contribution in [0.5, 0.6) is 5.75 Å². The molecule has 2 aromatic rings. The number of hydrogen-bond donors (Lipinski definition) is 2. The Hall–Kier alpha value is -2.82. The van der Waals surface area contributed by atoms with E-state index in [4.69, 9.17) is 4.74 Å². The predicted octanol–water partition coefficient (Wildman–Crippen LogP) is 3.68. The molecule has 2 N–H and O–H groups in total. The van der Waals surface area contributed by atoms with Crippen LogP contribution in [0.2, 0.25) is 0 Å². The van der Waals surface area contributed by atoms with Gasteiger partial charge in [0.25, 0.3) is 5.91 Å². The summed E-state index contributed by atoms with van der Waals surface area (Å²) in [6, 6.07) is 14.0. The van der Waals surface area contributed by atoms with Gasteiger partial charge in [0.2, 0.25) is 5.91 Å². The molecule has 0 spiro atoms. The molecule has 0 radical (unpaired) electrons. The van der Waals surface area contributed by atoms with Crippen LogP contribution in [-0.2, 0) is 4.79 Å². The molecular formula is C18H20N2O3. The average molecular weight is 312 g/mol. The third-order valence-electron chi connectivity index (χ3n) is 2.93. The first-order valence-corrected chi connectivity index (χ1v) is 7.40. The number of anilines is 2. The molecule has 120 valence electrons. The zero-order valence-corrected chi connectivity index (χ0v) is 13.4. The molecule has 0 aliphatic heterocycles. The highest BCUT2D eigenvalue weighted by Gasteiger charge is 2.08. The van der Waals surface area contributed by atoms with Crippen LogP contribution < -0.4 is 15.4 Å². The maximum Gasteiger partial charge on any atom is 0.255 e. The quantitative estimate of drug-likeness (QED) is 0.885. The van der Waals surface area contributed by atoms with E-state index < -0.39 is 0 Å². The summed E-state index contributed by atoms with van der Waals surface area (Å²) in [5.41, 5.74) is 1.86. The van der Waals surface area contributed by atoms with E-state index in [9.17, 15) is 9.59 Å². The summed E-state index contributed by atoms with van der Waals surface area (Å²) in [4.78, 5) is 23.3. The van der Waals surface area contributed by atoms with Gasteiger partial charge in [0.05, 0.1) is 6.10 Å². The summed E-state index contributed by atoms with van der Waals surface area (Å²) in [7, 11) is 0. The molecule has 0 aromatic heterocycles. The van der Waals surface area contributed by atoms with Crippen molar-refractivity contribution >= 4 is 23.2 Å². The Labute approximate surface area is 135 Å². The minimum atomic E-state index is -0.216. The van der Waals surface area contributed by atoms with E-state index in [1.807, 2.05) is 19.9 Å². The Morgan fingerprint density at radius 2 is 1.57 bits per heavy atom. The molecule has 0 aliphatic carbocycles. The first-order valence-electron chi connectivity index (χ1n) is 7.40. The average Bonchev–Trinajstić information content (AvgIpc) is 2.48. The monoisotopic (exact) mass is 312 g/mol. The molecule has 23 heavy (non-hydrogen) atoms. The maximum atomic E-state index is 12.3.